The van der Waals surface area contributed by atoms with Crippen molar-refractivity contribution in [1.29, 1.82) is 0 Å². The van der Waals surface area contributed by atoms with Gasteiger partial charge >= 0.3 is 5.97 Å². The second-order valence-electron chi connectivity index (χ2n) is 3.03. The van der Waals surface area contributed by atoms with Crippen molar-refractivity contribution in [3.05, 3.63) is 17.3 Å². The number of anilines is 1. The summed E-state index contributed by atoms with van der Waals surface area (Å²) in [5.74, 6) is -0.872. The fourth-order valence-corrected chi connectivity index (χ4v) is 1.40. The summed E-state index contributed by atoms with van der Waals surface area (Å²) in [5.41, 5.74) is 0.833. The Labute approximate surface area is 73.8 Å². The molecule has 1 amide bonds. The fraction of sp³-hybridized carbons (Fsp3) is 0.250. The Morgan fingerprint density at radius 1 is 1.62 bits per heavy atom. The number of carbonyl (C=O) groups is 2. The summed E-state index contributed by atoms with van der Waals surface area (Å²) in [6.45, 7) is 1.74. The predicted octanol–water partition coefficient (Wildman–Crippen LogP) is 0.768. The molecule has 0 saturated carbocycles. The molecule has 0 saturated heterocycles. The van der Waals surface area contributed by atoms with Crippen molar-refractivity contribution in [2.45, 2.75) is 12.8 Å². The largest absolute Gasteiger partial charge is 0.477 e. The molecule has 2 rings (SSSR count). The molecule has 1 aromatic rings. The van der Waals surface area contributed by atoms with Crippen LogP contribution in [0.5, 0.6) is 0 Å². The minimum Gasteiger partial charge on any atom is -0.477 e. The molecule has 0 bridgehead atoms. The zero-order valence-corrected chi connectivity index (χ0v) is 6.92. The highest BCUT2D eigenvalue weighted by Crippen LogP contribution is 2.31. The van der Waals surface area contributed by atoms with Crippen LogP contribution in [0.4, 0.5) is 5.82 Å². The molecular formula is C8H8N2O3. The summed E-state index contributed by atoms with van der Waals surface area (Å²) >= 11 is 0. The molecule has 1 aromatic heterocycles. The number of hydrogen-bond acceptors (Lipinski definition) is 2. The lowest BCUT2D eigenvalue weighted by molar-refractivity contribution is -0.116. The van der Waals surface area contributed by atoms with Gasteiger partial charge < -0.3 is 15.4 Å². The number of fused-ring (bicyclic) bond motifs is 1. The third-order valence-corrected chi connectivity index (χ3v) is 2.19. The van der Waals surface area contributed by atoms with E-state index in [1.807, 2.05) is 0 Å². The van der Waals surface area contributed by atoms with E-state index in [-0.39, 0.29) is 17.5 Å². The van der Waals surface area contributed by atoms with Crippen LogP contribution in [0.2, 0.25) is 0 Å². The minimum atomic E-state index is -1.02. The van der Waals surface area contributed by atoms with Crippen molar-refractivity contribution in [3.8, 4) is 0 Å². The highest BCUT2D eigenvalue weighted by molar-refractivity contribution is 6.03. The topological polar surface area (TPSA) is 82.2 Å². The molecule has 0 fully saturated rings. The Kier molecular flexibility index (Phi) is 1.42. The van der Waals surface area contributed by atoms with Gasteiger partial charge in [-0.3, -0.25) is 4.79 Å². The van der Waals surface area contributed by atoms with E-state index in [0.29, 0.717) is 5.82 Å². The van der Waals surface area contributed by atoms with Gasteiger partial charge in [0.2, 0.25) is 5.91 Å². The van der Waals surface area contributed by atoms with E-state index in [9.17, 15) is 9.59 Å². The van der Waals surface area contributed by atoms with Crippen LogP contribution in [0.25, 0.3) is 0 Å². The van der Waals surface area contributed by atoms with Gasteiger partial charge in [-0.25, -0.2) is 4.79 Å². The Hall–Kier alpha value is -1.78. The quantitative estimate of drug-likeness (QED) is 0.596. The zero-order valence-electron chi connectivity index (χ0n) is 6.92. The summed E-state index contributed by atoms with van der Waals surface area (Å²) in [5, 5.41) is 11.2. The molecule has 0 spiro atoms. The van der Waals surface area contributed by atoms with Crippen molar-refractivity contribution in [1.82, 2.24) is 4.98 Å². The smallest absolute Gasteiger partial charge is 0.352 e. The molecule has 13 heavy (non-hydrogen) atoms. The van der Waals surface area contributed by atoms with E-state index in [4.69, 9.17) is 5.11 Å². The third-order valence-electron chi connectivity index (χ3n) is 2.19. The van der Waals surface area contributed by atoms with Gasteiger partial charge in [0.15, 0.2) is 0 Å². The van der Waals surface area contributed by atoms with Crippen molar-refractivity contribution in [3.63, 3.8) is 0 Å². The van der Waals surface area contributed by atoms with Crippen molar-refractivity contribution >= 4 is 17.7 Å². The van der Waals surface area contributed by atoms with Crippen LogP contribution < -0.4 is 5.32 Å². The molecule has 2 heterocycles. The number of aromatic amines is 1. The molecule has 0 radical (unpaired) electrons. The minimum absolute atomic E-state index is 0.0989. The van der Waals surface area contributed by atoms with Gasteiger partial charge in [-0.15, -0.1) is 0 Å². The highest BCUT2D eigenvalue weighted by atomic mass is 16.4. The Morgan fingerprint density at radius 2 is 2.31 bits per heavy atom. The monoisotopic (exact) mass is 180 g/mol. The molecule has 5 heteroatoms. The van der Waals surface area contributed by atoms with Crippen LogP contribution in [0.15, 0.2) is 6.07 Å². The first-order chi connectivity index (χ1) is 6.09. The molecular weight excluding hydrogens is 172 g/mol. The summed E-state index contributed by atoms with van der Waals surface area (Å²) in [4.78, 5) is 24.3. The van der Waals surface area contributed by atoms with E-state index in [0.717, 1.165) is 5.56 Å². The van der Waals surface area contributed by atoms with Crippen molar-refractivity contribution in [2.24, 2.45) is 0 Å². The normalized spacial score (nSPS) is 19.8. The standard InChI is InChI=1S/C8H8N2O3/c1-3-4-2-5(8(12)13)9-6(4)10-7(3)11/h2-3,9H,1H3,(H,10,11)(H,12,13). The Bertz CT molecular complexity index is 394. The molecule has 1 aliphatic heterocycles. The molecule has 5 nitrogen and oxygen atoms in total. The maximum Gasteiger partial charge on any atom is 0.352 e. The summed E-state index contributed by atoms with van der Waals surface area (Å²) in [6.07, 6.45) is 0. The van der Waals surface area contributed by atoms with E-state index >= 15 is 0 Å². The molecule has 1 unspecified atom stereocenters. The average molecular weight is 180 g/mol. The van der Waals surface area contributed by atoms with Gasteiger partial charge in [0.05, 0.1) is 5.92 Å². The van der Waals surface area contributed by atoms with Crippen LogP contribution in [0, 0.1) is 0 Å². The van der Waals surface area contributed by atoms with Crippen LogP contribution in [0.3, 0.4) is 0 Å². The lowest BCUT2D eigenvalue weighted by Gasteiger charge is -1.96. The number of nitrogens with one attached hydrogen (secondary N) is 2. The van der Waals surface area contributed by atoms with Crippen LogP contribution >= 0.6 is 0 Å². The van der Waals surface area contributed by atoms with Crippen molar-refractivity contribution < 1.29 is 14.7 Å². The Balaban J connectivity index is 2.45. The number of hydrogen-bond donors (Lipinski definition) is 3. The van der Waals surface area contributed by atoms with Crippen LogP contribution in [0.1, 0.15) is 28.9 Å². The second-order valence-corrected chi connectivity index (χ2v) is 3.03. The highest BCUT2D eigenvalue weighted by Gasteiger charge is 2.29. The van der Waals surface area contributed by atoms with Gasteiger partial charge in [0.25, 0.3) is 0 Å². The van der Waals surface area contributed by atoms with Gasteiger partial charge in [-0.2, -0.15) is 0 Å². The lowest BCUT2D eigenvalue weighted by atomic mass is 10.1. The first-order valence-electron chi connectivity index (χ1n) is 3.86. The maximum absolute atomic E-state index is 11.1. The van der Waals surface area contributed by atoms with E-state index < -0.39 is 5.97 Å². The van der Waals surface area contributed by atoms with Gasteiger partial charge in [-0.05, 0) is 13.0 Å². The molecule has 68 valence electrons. The SMILES string of the molecule is CC1C(=O)Nc2[nH]c(C(=O)O)cc21. The molecule has 0 aromatic carbocycles. The summed E-state index contributed by atoms with van der Waals surface area (Å²) < 4.78 is 0. The van der Waals surface area contributed by atoms with Gasteiger partial charge in [0.1, 0.15) is 11.5 Å². The average Bonchev–Trinajstić information content (AvgIpc) is 2.55. The summed E-state index contributed by atoms with van der Waals surface area (Å²) in [7, 11) is 0. The summed E-state index contributed by atoms with van der Waals surface area (Å²) in [6, 6.07) is 1.49. The predicted molar refractivity (Wildman–Crippen MR) is 44.8 cm³/mol. The number of carboxylic acid groups (broad SMARTS) is 1. The molecule has 1 atom stereocenters. The number of aromatic carboxylic acids is 1. The van der Waals surface area contributed by atoms with E-state index in [1.165, 1.54) is 6.07 Å². The number of rotatable bonds is 1. The van der Waals surface area contributed by atoms with Crippen LogP contribution in [-0.4, -0.2) is 22.0 Å². The zero-order chi connectivity index (χ0) is 9.59. The first-order valence-corrected chi connectivity index (χ1v) is 3.86. The number of amides is 1. The maximum atomic E-state index is 11.1. The number of carboxylic acids is 1. The third kappa shape index (κ3) is 1.00. The number of carbonyl (C=O) groups excluding carboxylic acids is 1. The molecule has 3 N–H and O–H groups in total. The fourth-order valence-electron chi connectivity index (χ4n) is 1.40. The number of aromatic nitrogens is 1. The van der Waals surface area contributed by atoms with Gasteiger partial charge in [0, 0.05) is 5.56 Å². The number of H-pyrrole nitrogens is 1. The molecule has 1 aliphatic rings. The lowest BCUT2D eigenvalue weighted by Crippen LogP contribution is -2.10. The second kappa shape index (κ2) is 2.35. The van der Waals surface area contributed by atoms with Crippen LogP contribution in [-0.2, 0) is 4.79 Å². The van der Waals surface area contributed by atoms with Gasteiger partial charge in [-0.1, -0.05) is 0 Å². The Morgan fingerprint density at radius 3 is 2.85 bits per heavy atom. The van der Waals surface area contributed by atoms with E-state index in [2.05, 4.69) is 10.3 Å². The first kappa shape index (κ1) is 7.85. The van der Waals surface area contributed by atoms with E-state index in [1.54, 1.807) is 6.92 Å². The van der Waals surface area contributed by atoms with Crippen molar-refractivity contribution in [2.75, 3.05) is 5.32 Å². The molecule has 0 aliphatic carbocycles.